The van der Waals surface area contributed by atoms with Gasteiger partial charge in [0.2, 0.25) is 35.2 Å². The van der Waals surface area contributed by atoms with Gasteiger partial charge in [0.15, 0.2) is 25.2 Å². The fraction of sp³-hybridized carbons (Fsp3) is 0.905. The van der Waals surface area contributed by atoms with Crippen LogP contribution < -0.4 is 31.5 Å². The highest BCUT2D eigenvalue weighted by Crippen LogP contribution is 2.43. The molecule has 0 aromatic heterocycles. The van der Waals surface area contributed by atoms with Gasteiger partial charge in [-0.15, -0.1) is 0 Å². The summed E-state index contributed by atoms with van der Waals surface area (Å²) in [6, 6.07) is -7.03. The van der Waals surface area contributed by atoms with Gasteiger partial charge in [0.1, 0.15) is 146 Å². The minimum absolute atomic E-state index is 0.0907. The lowest BCUT2D eigenvalue weighted by atomic mass is 9.88. The number of rotatable bonds is 59. The monoisotopic (exact) mass is 1830 g/mol. The van der Waals surface area contributed by atoms with E-state index in [2.05, 4.69) is 35.1 Å². The molecule has 43 heteroatoms. The van der Waals surface area contributed by atoms with Crippen molar-refractivity contribution in [3.05, 3.63) is 12.2 Å². The lowest BCUT2D eigenvalue weighted by Gasteiger charge is -2.54. The molecule has 6 rings (SSSR count). The summed E-state index contributed by atoms with van der Waals surface area (Å²) in [5.41, 5.74) is 0. The van der Waals surface area contributed by atoms with Crippen LogP contribution in [0, 0.1) is 0 Å². The van der Waals surface area contributed by atoms with Crippen molar-refractivity contribution in [2.24, 2.45) is 0 Å². The zero-order valence-corrected chi connectivity index (χ0v) is 73.5. The molecular weight excluding hydrogens is 1690 g/mol. The third-order valence-electron chi connectivity index (χ3n) is 24.0. The minimum Gasteiger partial charge on any atom is -0.544 e. The molecule has 0 aromatic rings. The second kappa shape index (κ2) is 56.5. The van der Waals surface area contributed by atoms with E-state index in [4.69, 9.17) is 56.8 Å². The van der Waals surface area contributed by atoms with E-state index in [0.29, 0.717) is 12.8 Å². The normalized spacial score (nSPS) is 35.1. The van der Waals surface area contributed by atoms with Gasteiger partial charge < -0.3 is 195 Å². The number of ether oxygens (including phenoxy) is 12. The number of allylic oxidation sites excluding steroid dienone is 1. The van der Waals surface area contributed by atoms with Gasteiger partial charge in [-0.3, -0.25) is 19.2 Å². The van der Waals surface area contributed by atoms with Gasteiger partial charge in [-0.1, -0.05) is 180 Å². The number of carboxylic acids is 2. The largest absolute Gasteiger partial charge is 0.544 e. The molecule has 43 nitrogen and oxygen atoms in total. The van der Waals surface area contributed by atoms with Crippen molar-refractivity contribution in [2.75, 3.05) is 46.2 Å². The van der Waals surface area contributed by atoms with Gasteiger partial charge in [0.05, 0.1) is 82.7 Å². The Bertz CT molecular complexity index is 3200. The van der Waals surface area contributed by atoms with E-state index in [0.717, 1.165) is 85.0 Å². The number of carbonyl (C=O) groups is 6. The fourth-order valence-electron chi connectivity index (χ4n) is 16.9. The standard InChI is InChI=1S/C84H148N4O39/c1-6-8-10-12-14-16-18-20-21-23-25-27-29-31-33-35-58(103)88-48(49(98)34-32-30-28-26-24-22-19-17-15-13-11-9-7-2)44-116-78-67(109)66(108)70(56(42-93)119-78)121-80-69(111)76(127-84(82(114)115)37-51(100)60(86-46(4)96)74(125-84)63(105)53(102)39-90)71(57(43-94)120-80)122-77-61(87-47(5)97)72(64(106)54(40-91)117-77)123-79-68(110)75(65(107)55(41-92)118-79)126-83(81(112)113)36-50(99)59(85-45(3)95)73(124-83)62(104)52(101)38-89/h32,34,48-57,59-80,89-94,98-102,104-111H,6-31,33,35-44H2,1-5H3,(H,85,95)(H,86,96)(H,87,97)(H,88,103)(H,112,113)(H,114,115)/p-2/t48-,49+,50-,51-,52+,53+,54+,55+,56+,57+,59+,60+,61+,62+,63+,64-,65-,66+,67+,68+,69+,70+,71-,72+,73+,74+,75-,76+,77-,78+,79-,80-,83-,84-/m0/s1. The first-order valence-corrected chi connectivity index (χ1v) is 45.2. The number of amides is 4. The molecule has 0 unspecified atom stereocenters. The number of aliphatic hydroxyl groups excluding tert-OH is 19. The van der Waals surface area contributed by atoms with Gasteiger partial charge in [-0.25, -0.2) is 0 Å². The molecule has 4 amide bonds. The van der Waals surface area contributed by atoms with Crippen molar-refractivity contribution >= 4 is 35.6 Å². The average Bonchev–Trinajstić information content (AvgIpc) is 0.749. The molecule has 127 heavy (non-hydrogen) atoms. The maximum atomic E-state index is 13.9. The molecule has 6 aliphatic heterocycles. The summed E-state index contributed by atoms with van der Waals surface area (Å²) in [7, 11) is 0. The molecule has 34 atom stereocenters. The topological polar surface area (TPSA) is 692 Å². The summed E-state index contributed by atoms with van der Waals surface area (Å²) >= 11 is 0. The highest BCUT2D eigenvalue weighted by molar-refractivity contribution is 5.77. The Kier molecular flexibility index (Phi) is 49.4. The second-order valence-electron chi connectivity index (χ2n) is 34.2. The molecule has 0 aromatic carbocycles. The number of carbonyl (C=O) groups excluding carboxylic acids is 6. The molecule has 0 aliphatic carbocycles. The smallest absolute Gasteiger partial charge is 0.220 e. The third kappa shape index (κ3) is 32.6. The van der Waals surface area contributed by atoms with Crippen molar-refractivity contribution in [3.63, 3.8) is 0 Å². The van der Waals surface area contributed by atoms with Gasteiger partial charge >= 0.3 is 0 Å². The SMILES string of the molecule is CCCCCCCCCCCCCC=C[C@@H](O)[C@H](CO[C@@H]1O[C@H](CO)[C@@H](O[C@@H]2O[C@H](CO)[C@H](O[C@@H]3O[C@H](CO)[C@H](O)[C@H](O[C@@H]4O[C@H](CO)[C@H](O)[C@H](O[C@]5(C(=O)[O-])C[C@H](O)[C@@H](NC(C)=O)[C@H]([C@H](O)[C@H](O)CO)O5)[C@H]4O)[C@H]3NC(C)=O)[C@H](O[C@]3(C(=O)[O-])C[C@H](O)[C@@H](NC(C)=O)[C@H]([C@H](O)[C@H](O)CO)O3)[C@H]2O)[C@H](O)[C@H]1O)NC(=O)CCCCCCCCCCCCCCCCC. The predicted octanol–water partition coefficient (Wildman–Crippen LogP) is -6.54. The first kappa shape index (κ1) is 111. The number of hydrogen-bond acceptors (Lipinski definition) is 39. The lowest BCUT2D eigenvalue weighted by molar-refractivity contribution is -0.422. The van der Waals surface area contributed by atoms with Crippen LogP contribution in [0.2, 0.25) is 0 Å². The third-order valence-corrected chi connectivity index (χ3v) is 24.0. The van der Waals surface area contributed by atoms with E-state index >= 15 is 0 Å². The Morgan fingerprint density at radius 1 is 0.417 bits per heavy atom. The molecule has 6 fully saturated rings. The average molecular weight is 1840 g/mol. The summed E-state index contributed by atoms with van der Waals surface area (Å²) < 4.78 is 72.0. The van der Waals surface area contributed by atoms with E-state index in [1.54, 1.807) is 6.08 Å². The fourth-order valence-corrected chi connectivity index (χ4v) is 16.9. The van der Waals surface area contributed by atoms with Gasteiger partial charge in [0.25, 0.3) is 0 Å². The van der Waals surface area contributed by atoms with Crippen molar-refractivity contribution in [1.29, 1.82) is 0 Å². The van der Waals surface area contributed by atoms with Crippen LogP contribution >= 0.6 is 0 Å². The number of hydrogen-bond donors (Lipinski definition) is 23. The summed E-state index contributed by atoms with van der Waals surface area (Å²) in [5.74, 6) is -15.3. The molecule has 738 valence electrons. The summed E-state index contributed by atoms with van der Waals surface area (Å²) in [6.45, 7) is -0.992. The van der Waals surface area contributed by atoms with Crippen LogP contribution in [0.3, 0.4) is 0 Å². The van der Waals surface area contributed by atoms with Crippen molar-refractivity contribution in [2.45, 2.75) is 435 Å². The maximum Gasteiger partial charge on any atom is 0.220 e. The Hall–Kier alpha value is -4.68. The molecule has 0 bridgehead atoms. The molecule has 23 N–H and O–H groups in total. The molecule has 0 radical (unpaired) electrons. The first-order chi connectivity index (χ1) is 60.6. The molecule has 6 aliphatic rings. The van der Waals surface area contributed by atoms with Crippen molar-refractivity contribution < 1.29 is 193 Å². The van der Waals surface area contributed by atoms with Gasteiger partial charge in [-0.05, 0) is 19.3 Å². The van der Waals surface area contributed by atoms with E-state index < -0.39 is 302 Å². The number of aliphatic hydroxyl groups is 19. The summed E-state index contributed by atoms with van der Waals surface area (Å²) in [6.07, 6.45) is -33.2. The Balaban J connectivity index is 1.30. The second-order valence-corrected chi connectivity index (χ2v) is 34.2. The Labute approximate surface area is 740 Å². The number of aliphatic carboxylic acids is 2. The van der Waals surface area contributed by atoms with Crippen LogP contribution in [0.5, 0.6) is 0 Å². The predicted molar refractivity (Wildman–Crippen MR) is 435 cm³/mol. The quantitative estimate of drug-likeness (QED) is 0.0199. The molecular formula is C84H146N4O39-2. The highest BCUT2D eigenvalue weighted by atomic mass is 16.8. The molecule has 6 saturated heterocycles. The van der Waals surface area contributed by atoms with Gasteiger partial charge in [-0.2, -0.15) is 0 Å². The summed E-state index contributed by atoms with van der Waals surface area (Å²) in [5, 5.41) is 252. The number of unbranched alkanes of at least 4 members (excludes halogenated alkanes) is 25. The molecule has 0 saturated carbocycles. The van der Waals surface area contributed by atoms with Crippen LogP contribution in [0.1, 0.15) is 227 Å². The Morgan fingerprint density at radius 2 is 0.780 bits per heavy atom. The van der Waals surface area contributed by atoms with Crippen LogP contribution in [-0.2, 0) is 85.6 Å². The van der Waals surface area contributed by atoms with Crippen LogP contribution in [0.25, 0.3) is 0 Å². The van der Waals surface area contributed by atoms with Gasteiger partial charge in [0, 0.05) is 40.0 Å². The number of nitrogens with one attached hydrogen (secondary N) is 4. The zero-order valence-electron chi connectivity index (χ0n) is 73.5. The molecule has 6 heterocycles. The number of carboxylic acid groups (broad SMARTS) is 2. The van der Waals surface area contributed by atoms with Crippen LogP contribution in [-0.4, -0.2) is 386 Å². The van der Waals surface area contributed by atoms with E-state index in [-0.39, 0.29) is 6.42 Å². The lowest BCUT2D eigenvalue weighted by Crippen LogP contribution is -2.73. The molecule has 0 spiro atoms. The van der Waals surface area contributed by atoms with E-state index in [1.165, 1.54) is 102 Å². The van der Waals surface area contributed by atoms with E-state index in [1.807, 2.05) is 0 Å². The van der Waals surface area contributed by atoms with E-state index in [9.17, 15) is 136 Å². The van der Waals surface area contributed by atoms with Crippen LogP contribution in [0.4, 0.5) is 0 Å². The zero-order chi connectivity index (χ0) is 93.8. The summed E-state index contributed by atoms with van der Waals surface area (Å²) in [4.78, 5) is 79.3. The highest BCUT2D eigenvalue weighted by Gasteiger charge is 2.62. The maximum absolute atomic E-state index is 13.9. The Morgan fingerprint density at radius 3 is 1.20 bits per heavy atom. The minimum atomic E-state index is -3.61. The van der Waals surface area contributed by atoms with Crippen molar-refractivity contribution in [1.82, 2.24) is 21.3 Å². The first-order valence-electron chi connectivity index (χ1n) is 45.2. The van der Waals surface area contributed by atoms with Crippen LogP contribution in [0.15, 0.2) is 12.2 Å². The van der Waals surface area contributed by atoms with Crippen molar-refractivity contribution in [3.8, 4) is 0 Å².